The zero-order valence-electron chi connectivity index (χ0n) is 12.4. The number of carbonyl (C=O) groups excluding carboxylic acids is 1. The molecule has 0 radical (unpaired) electrons. The van der Waals surface area contributed by atoms with E-state index in [-0.39, 0.29) is 11.3 Å². The fourth-order valence-electron chi connectivity index (χ4n) is 6.30. The van der Waals surface area contributed by atoms with E-state index in [2.05, 4.69) is 5.32 Å². The lowest BCUT2D eigenvalue weighted by molar-refractivity contribution is -0.169. The van der Waals surface area contributed by atoms with Gasteiger partial charge in [0.25, 0.3) is 0 Å². The normalized spacial score (nSPS) is 46.9. The number of carbonyl (C=O) groups is 1. The van der Waals surface area contributed by atoms with Gasteiger partial charge in [0.15, 0.2) is 0 Å². The summed E-state index contributed by atoms with van der Waals surface area (Å²) in [5.74, 6) is 1.61. The van der Waals surface area contributed by atoms with Gasteiger partial charge in [-0.05, 0) is 68.6 Å². The Bertz CT molecular complexity index is 399. The van der Waals surface area contributed by atoms with Gasteiger partial charge in [-0.2, -0.15) is 0 Å². The largest absolute Gasteiger partial charge is 0.390 e. The van der Waals surface area contributed by atoms with Crippen LogP contribution >= 0.6 is 0 Å². The second-order valence-electron chi connectivity index (χ2n) is 8.41. The maximum absolute atomic E-state index is 12.4. The lowest BCUT2D eigenvalue weighted by Gasteiger charge is -2.60. The highest BCUT2D eigenvalue weighted by Crippen LogP contribution is 2.62. The Hall–Kier alpha value is -0.570. The number of hydrogen-bond donors (Lipinski definition) is 2. The van der Waals surface area contributed by atoms with Crippen molar-refractivity contribution in [3.63, 3.8) is 0 Å². The SMILES string of the molecule is O=C(CC12C[C@@H]3C[C@@H](CC(O)(C3)C1)C2)NC1CCCC1. The van der Waals surface area contributed by atoms with Gasteiger partial charge in [-0.25, -0.2) is 0 Å². The standard InChI is InChI=1S/C17H27NO2/c19-15(18-14-3-1-2-4-14)10-16-6-12-5-13(7-16)9-17(20,8-12)11-16/h12-14,20H,1-11H2,(H,18,19)/t12-,13+,16?,17?. The van der Waals surface area contributed by atoms with Crippen LogP contribution in [0.5, 0.6) is 0 Å². The molecular weight excluding hydrogens is 250 g/mol. The predicted molar refractivity (Wildman–Crippen MR) is 77.1 cm³/mol. The van der Waals surface area contributed by atoms with Crippen LogP contribution in [0.15, 0.2) is 0 Å². The number of amides is 1. The molecule has 5 saturated carbocycles. The van der Waals surface area contributed by atoms with E-state index in [4.69, 9.17) is 0 Å². The Morgan fingerprint density at radius 3 is 2.35 bits per heavy atom. The minimum Gasteiger partial charge on any atom is -0.390 e. The van der Waals surface area contributed by atoms with Gasteiger partial charge in [-0.1, -0.05) is 12.8 Å². The Labute approximate surface area is 121 Å². The van der Waals surface area contributed by atoms with Gasteiger partial charge in [0.05, 0.1) is 5.60 Å². The van der Waals surface area contributed by atoms with Gasteiger partial charge >= 0.3 is 0 Å². The van der Waals surface area contributed by atoms with E-state index < -0.39 is 5.60 Å². The quantitative estimate of drug-likeness (QED) is 0.833. The summed E-state index contributed by atoms with van der Waals surface area (Å²) in [6.07, 6.45) is 12.1. The molecule has 112 valence electrons. The zero-order chi connectivity index (χ0) is 13.8. The summed E-state index contributed by atoms with van der Waals surface area (Å²) in [5, 5.41) is 14.0. The van der Waals surface area contributed by atoms with Gasteiger partial charge in [-0.15, -0.1) is 0 Å². The molecule has 3 heteroatoms. The molecule has 4 bridgehead atoms. The summed E-state index contributed by atoms with van der Waals surface area (Å²) in [5.41, 5.74) is -0.306. The van der Waals surface area contributed by atoms with Gasteiger partial charge < -0.3 is 10.4 Å². The number of rotatable bonds is 3. The topological polar surface area (TPSA) is 49.3 Å². The average molecular weight is 277 g/mol. The molecule has 2 N–H and O–H groups in total. The molecule has 0 aromatic carbocycles. The minimum absolute atomic E-state index is 0.127. The molecule has 0 aliphatic heterocycles. The first-order valence-corrected chi connectivity index (χ1v) is 8.56. The van der Waals surface area contributed by atoms with Crippen molar-refractivity contribution in [2.45, 2.75) is 82.3 Å². The van der Waals surface area contributed by atoms with Crippen LogP contribution in [-0.4, -0.2) is 22.7 Å². The Kier molecular flexibility index (Phi) is 2.93. The molecule has 1 amide bonds. The minimum atomic E-state index is -0.433. The Morgan fingerprint density at radius 2 is 1.75 bits per heavy atom. The molecule has 2 unspecified atom stereocenters. The second-order valence-corrected chi connectivity index (χ2v) is 8.41. The van der Waals surface area contributed by atoms with Crippen LogP contribution in [0.1, 0.15) is 70.6 Å². The van der Waals surface area contributed by atoms with E-state index in [9.17, 15) is 9.90 Å². The Balaban J connectivity index is 1.43. The first-order chi connectivity index (χ1) is 9.54. The molecule has 5 fully saturated rings. The van der Waals surface area contributed by atoms with E-state index in [1.807, 2.05) is 0 Å². The van der Waals surface area contributed by atoms with Gasteiger partial charge in [0, 0.05) is 12.5 Å². The lowest BCUT2D eigenvalue weighted by Crippen LogP contribution is -2.56. The molecule has 3 nitrogen and oxygen atoms in total. The highest BCUT2D eigenvalue weighted by molar-refractivity contribution is 5.77. The molecule has 0 aromatic heterocycles. The number of hydrogen-bond acceptors (Lipinski definition) is 2. The highest BCUT2D eigenvalue weighted by Gasteiger charge is 2.57. The monoisotopic (exact) mass is 277 g/mol. The molecular formula is C17H27NO2. The van der Waals surface area contributed by atoms with Crippen LogP contribution in [0.25, 0.3) is 0 Å². The van der Waals surface area contributed by atoms with Gasteiger partial charge in [0.1, 0.15) is 0 Å². The predicted octanol–water partition coefficient (Wildman–Crippen LogP) is 2.77. The first-order valence-electron chi connectivity index (χ1n) is 8.56. The van der Waals surface area contributed by atoms with Crippen molar-refractivity contribution >= 4 is 5.91 Å². The molecule has 0 aromatic rings. The molecule has 0 spiro atoms. The van der Waals surface area contributed by atoms with E-state index >= 15 is 0 Å². The van der Waals surface area contributed by atoms with Crippen LogP contribution in [0.3, 0.4) is 0 Å². The molecule has 5 rings (SSSR count). The summed E-state index contributed by atoms with van der Waals surface area (Å²) < 4.78 is 0. The van der Waals surface area contributed by atoms with E-state index in [0.29, 0.717) is 24.3 Å². The van der Waals surface area contributed by atoms with E-state index in [1.54, 1.807) is 0 Å². The third-order valence-electron chi connectivity index (χ3n) is 6.41. The maximum Gasteiger partial charge on any atom is 0.220 e. The molecule has 20 heavy (non-hydrogen) atoms. The Morgan fingerprint density at radius 1 is 1.10 bits per heavy atom. The van der Waals surface area contributed by atoms with Crippen molar-refractivity contribution < 1.29 is 9.90 Å². The van der Waals surface area contributed by atoms with Crippen molar-refractivity contribution in [2.24, 2.45) is 17.3 Å². The highest BCUT2D eigenvalue weighted by atomic mass is 16.3. The third kappa shape index (κ3) is 2.28. The number of aliphatic hydroxyl groups is 1. The van der Waals surface area contributed by atoms with Crippen molar-refractivity contribution in [1.82, 2.24) is 5.32 Å². The molecule has 4 atom stereocenters. The first kappa shape index (κ1) is 13.1. The molecule has 0 saturated heterocycles. The van der Waals surface area contributed by atoms with Crippen LogP contribution in [-0.2, 0) is 4.79 Å². The number of nitrogens with one attached hydrogen (secondary N) is 1. The fourth-order valence-corrected chi connectivity index (χ4v) is 6.30. The van der Waals surface area contributed by atoms with Gasteiger partial charge in [-0.3, -0.25) is 4.79 Å². The van der Waals surface area contributed by atoms with Crippen LogP contribution < -0.4 is 5.32 Å². The van der Waals surface area contributed by atoms with Crippen molar-refractivity contribution in [3.8, 4) is 0 Å². The summed E-state index contributed by atoms with van der Waals surface area (Å²) in [7, 11) is 0. The molecule has 0 heterocycles. The third-order valence-corrected chi connectivity index (χ3v) is 6.41. The zero-order valence-corrected chi connectivity index (χ0v) is 12.4. The van der Waals surface area contributed by atoms with Crippen molar-refractivity contribution in [2.75, 3.05) is 0 Å². The van der Waals surface area contributed by atoms with Gasteiger partial charge in [0.2, 0.25) is 5.91 Å². The second kappa shape index (κ2) is 4.46. The maximum atomic E-state index is 12.4. The summed E-state index contributed by atoms with van der Waals surface area (Å²) >= 11 is 0. The summed E-state index contributed by atoms with van der Waals surface area (Å²) in [6.45, 7) is 0. The van der Waals surface area contributed by atoms with Crippen LogP contribution in [0.4, 0.5) is 0 Å². The molecule has 5 aliphatic carbocycles. The summed E-state index contributed by atoms with van der Waals surface area (Å²) in [6, 6.07) is 0.430. The molecule has 5 aliphatic rings. The fraction of sp³-hybridized carbons (Fsp3) is 0.941. The lowest BCUT2D eigenvalue weighted by atomic mass is 9.47. The van der Waals surface area contributed by atoms with Crippen LogP contribution in [0, 0.1) is 17.3 Å². The van der Waals surface area contributed by atoms with Crippen LogP contribution in [0.2, 0.25) is 0 Å². The summed E-state index contributed by atoms with van der Waals surface area (Å²) in [4.78, 5) is 12.4. The average Bonchev–Trinajstić information content (AvgIpc) is 2.76. The smallest absolute Gasteiger partial charge is 0.220 e. The van der Waals surface area contributed by atoms with E-state index in [0.717, 1.165) is 32.1 Å². The van der Waals surface area contributed by atoms with Crippen molar-refractivity contribution in [1.29, 1.82) is 0 Å². The van der Waals surface area contributed by atoms with E-state index in [1.165, 1.54) is 32.1 Å². The van der Waals surface area contributed by atoms with Crippen molar-refractivity contribution in [3.05, 3.63) is 0 Å².